The molecular weight excluding hydrogens is 1150 g/mol. The molecule has 0 aromatic heterocycles. The third kappa shape index (κ3) is 17.8. The number of amides is 4. The Morgan fingerprint density at radius 3 is 1.41 bits per heavy atom. The molecule has 0 unspecified atom stereocenters. The third-order valence-corrected chi connectivity index (χ3v) is 15.8. The first-order valence-electron chi connectivity index (χ1n) is 27.4. The van der Waals surface area contributed by atoms with Crippen LogP contribution in [0.2, 0.25) is 5.82 Å². The predicted octanol–water partition coefficient (Wildman–Crippen LogP) is 9.90. The quantitative estimate of drug-likeness (QED) is 0.101. The van der Waals surface area contributed by atoms with Crippen molar-refractivity contribution in [2.45, 2.75) is 153 Å². The maximum Gasteiger partial charge on any atom is 1.00 e. The SMILES string of the molecule is CC(C)(C)OC(=O)N1CC([B-](F)(F)F)C1.CC(C)(C)OC(=O)N1CC(c2ccc(C#N)c(OC3CC4(CC(NC(=O)OCc5ccccc5)C4)C3)c2)C1.N#Cc1ccc(Br)cc1OC1CC2(CC(NC(=O)OCc3ccccc3)C2)C1.[K+]. The number of ether oxygens (including phenoxy) is 6. The van der Waals surface area contributed by atoms with Gasteiger partial charge in [0.15, 0.2) is 0 Å². The number of nitrogens with zero attached hydrogens (tertiary/aromatic N) is 4. The number of nitrogens with one attached hydrogen (secondary N) is 2. The molecule has 22 heteroatoms. The van der Waals surface area contributed by atoms with E-state index in [1.165, 1.54) is 0 Å². The molecule has 6 fully saturated rings. The smallest absolute Gasteiger partial charge is 0.489 e. The van der Waals surface area contributed by atoms with Crippen molar-refractivity contribution >= 4 is 47.3 Å². The molecule has 10 rings (SSSR count). The molecule has 4 amide bonds. The van der Waals surface area contributed by atoms with Crippen molar-refractivity contribution in [2.24, 2.45) is 10.8 Å². The van der Waals surface area contributed by atoms with Crippen LogP contribution in [0.25, 0.3) is 0 Å². The minimum absolute atomic E-state index is 0. The molecule has 2 spiro atoms. The van der Waals surface area contributed by atoms with E-state index in [9.17, 15) is 42.6 Å². The summed E-state index contributed by atoms with van der Waals surface area (Å²) < 4.78 is 70.7. The van der Waals surface area contributed by atoms with Crippen LogP contribution in [0.4, 0.5) is 32.1 Å². The number of hydrogen-bond donors (Lipinski definition) is 2. The van der Waals surface area contributed by atoms with Gasteiger partial charge in [0.05, 0.1) is 23.3 Å². The van der Waals surface area contributed by atoms with Crippen molar-refractivity contribution in [3.63, 3.8) is 0 Å². The summed E-state index contributed by atoms with van der Waals surface area (Å²) in [5, 5.41) is 24.7. The van der Waals surface area contributed by atoms with Crippen molar-refractivity contribution in [1.82, 2.24) is 20.4 Å². The molecule has 0 atom stereocenters. The summed E-state index contributed by atoms with van der Waals surface area (Å²) in [7, 11) is 0. The normalized spacial score (nSPS) is 23.3. The van der Waals surface area contributed by atoms with Crippen LogP contribution in [0.15, 0.2) is 102 Å². The van der Waals surface area contributed by atoms with Gasteiger partial charge >= 0.3 is 82.7 Å². The molecule has 2 heterocycles. The number of likely N-dealkylation sites (tertiary alicyclic amines) is 2. The Bertz CT molecular complexity index is 2950. The van der Waals surface area contributed by atoms with Crippen LogP contribution in [-0.2, 0) is 32.2 Å². The van der Waals surface area contributed by atoms with Gasteiger partial charge in [0.25, 0.3) is 0 Å². The van der Waals surface area contributed by atoms with Gasteiger partial charge in [0, 0.05) is 48.7 Å². The van der Waals surface area contributed by atoms with Crippen molar-refractivity contribution < 1.29 is 112 Å². The van der Waals surface area contributed by atoms with E-state index < -0.39 is 30.1 Å². The van der Waals surface area contributed by atoms with Crippen LogP contribution in [-0.4, -0.2) is 103 Å². The first kappa shape index (κ1) is 64.1. The van der Waals surface area contributed by atoms with E-state index in [1.807, 2.05) is 106 Å². The zero-order chi connectivity index (χ0) is 58.3. The van der Waals surface area contributed by atoms with Crippen LogP contribution in [0.1, 0.15) is 127 Å². The van der Waals surface area contributed by atoms with Gasteiger partial charge in [-0.25, -0.2) is 19.2 Å². The Labute approximate surface area is 529 Å². The predicted molar refractivity (Wildman–Crippen MR) is 299 cm³/mol. The van der Waals surface area contributed by atoms with E-state index in [1.54, 1.807) is 37.8 Å². The van der Waals surface area contributed by atoms with E-state index in [2.05, 4.69) is 38.7 Å². The summed E-state index contributed by atoms with van der Waals surface area (Å²) in [6, 6.07) is 35.1. The number of rotatable bonds is 12. The summed E-state index contributed by atoms with van der Waals surface area (Å²) in [6.07, 6.45) is 5.98. The monoisotopic (exact) mass is 1220 g/mol. The van der Waals surface area contributed by atoms with Gasteiger partial charge in [-0.15, -0.1) is 0 Å². The van der Waals surface area contributed by atoms with E-state index >= 15 is 0 Å². The molecule has 82 heavy (non-hydrogen) atoms. The third-order valence-electron chi connectivity index (χ3n) is 15.3. The molecule has 4 aromatic rings. The number of carbonyl (C=O) groups is 4. The summed E-state index contributed by atoms with van der Waals surface area (Å²) in [5.74, 6) is 0.109. The van der Waals surface area contributed by atoms with Gasteiger partial charge in [-0.05, 0) is 157 Å². The van der Waals surface area contributed by atoms with Crippen molar-refractivity contribution in [3.8, 4) is 23.6 Å². The number of nitriles is 2. The van der Waals surface area contributed by atoms with E-state index in [-0.39, 0.29) is 137 Å². The molecule has 0 bridgehead atoms. The molecule has 16 nitrogen and oxygen atoms in total. The molecule has 4 aliphatic carbocycles. The van der Waals surface area contributed by atoms with Gasteiger partial charge in [-0.1, -0.05) is 82.7 Å². The van der Waals surface area contributed by atoms with Crippen LogP contribution >= 0.6 is 15.9 Å². The Morgan fingerprint density at radius 2 is 1.01 bits per heavy atom. The maximum atomic E-state index is 12.3. The molecule has 2 saturated heterocycles. The minimum atomic E-state index is -4.82. The van der Waals surface area contributed by atoms with Crippen LogP contribution in [0.5, 0.6) is 11.5 Å². The van der Waals surface area contributed by atoms with Crippen molar-refractivity contribution in [3.05, 3.63) is 129 Å². The summed E-state index contributed by atoms with van der Waals surface area (Å²) >= 11 is 3.42. The number of benzene rings is 4. The number of hydrogen-bond acceptors (Lipinski definition) is 12. The Kier molecular flexibility index (Phi) is 21.1. The second kappa shape index (κ2) is 27.0. The minimum Gasteiger partial charge on any atom is -0.489 e. The second-order valence-corrected chi connectivity index (χ2v) is 25.3. The fourth-order valence-corrected chi connectivity index (χ4v) is 11.4. The zero-order valence-electron chi connectivity index (χ0n) is 47.6. The number of carbonyl (C=O) groups excluding carboxylic acids is 4. The van der Waals surface area contributed by atoms with E-state index in [0.717, 1.165) is 77.4 Å². The zero-order valence-corrected chi connectivity index (χ0v) is 52.3. The summed E-state index contributed by atoms with van der Waals surface area (Å²) in [4.78, 5) is 50.4. The standard InChI is InChI=1S/C30H35N3O5.C22H21BrN2O3.C8H14BF3NO2.K/c1-29(2,3)38-28(35)33-17-23(18-33)21-9-10-22(16-31)26(11-21)37-25-14-30(15-25)12-24(13-30)32-27(34)36-19-20-7-5-4-6-8-20;23-17-7-6-16(13-24)20(8-17)28-19-11-22(12-19)9-18(10-22)25-21(26)27-14-15-4-2-1-3-5-15;1-8(2,3)15-7(14)13-4-6(5-13)9(10,11)12;/h4-11,23-25H,12-15,17-19H2,1-3H3,(H,32,34);1-8,18-19H,9-12,14H2,(H,25,26);6H,4-5H2,1-3H3;/q;;-1;+1. The fraction of sp³-hybridized carbons (Fsp3) is 0.500. The molecule has 6 aliphatic rings. The van der Waals surface area contributed by atoms with E-state index in [4.69, 9.17) is 28.4 Å². The number of halogens is 4. The maximum absolute atomic E-state index is 12.3. The van der Waals surface area contributed by atoms with Crippen molar-refractivity contribution in [2.75, 3.05) is 26.2 Å². The van der Waals surface area contributed by atoms with Gasteiger partial charge < -0.3 is 61.8 Å². The Morgan fingerprint density at radius 1 is 0.610 bits per heavy atom. The molecule has 4 aromatic carbocycles. The molecule has 2 N–H and O–H groups in total. The summed E-state index contributed by atoms with van der Waals surface area (Å²) in [5.41, 5.74) is 3.37. The van der Waals surface area contributed by atoms with Crippen LogP contribution < -0.4 is 71.5 Å². The molecule has 432 valence electrons. The van der Waals surface area contributed by atoms with Gasteiger partial charge in [0.1, 0.15) is 48.1 Å². The second-order valence-electron chi connectivity index (χ2n) is 24.4. The van der Waals surface area contributed by atoms with Gasteiger partial charge in [-0.3, -0.25) is 0 Å². The first-order valence-corrected chi connectivity index (χ1v) is 28.2. The first-order chi connectivity index (χ1) is 38.3. The number of alkyl carbamates (subject to hydrolysis) is 2. The average molecular weight is 1220 g/mol. The van der Waals surface area contributed by atoms with Gasteiger partial charge in [0.2, 0.25) is 0 Å². The largest absolute Gasteiger partial charge is 1.00 e. The van der Waals surface area contributed by atoms with E-state index in [0.29, 0.717) is 35.7 Å². The van der Waals surface area contributed by atoms with Gasteiger partial charge in [-0.2, -0.15) is 10.5 Å². The Balaban J connectivity index is 0.000000193. The molecule has 4 saturated carbocycles. The molecule has 2 aliphatic heterocycles. The Hall–Kier alpha value is -5.49. The molecular formula is C60H70BBrF3KN6O10. The topological polar surface area (TPSA) is 202 Å². The molecule has 0 radical (unpaired) electrons. The average Bonchev–Trinajstić information content (AvgIpc) is 3.44. The van der Waals surface area contributed by atoms with Crippen LogP contribution in [0, 0.1) is 33.5 Å². The summed E-state index contributed by atoms with van der Waals surface area (Å²) in [6.45, 7) is 6.99. The fourth-order valence-electron chi connectivity index (χ4n) is 11.1. The van der Waals surface area contributed by atoms with Crippen LogP contribution in [0.3, 0.4) is 0 Å². The van der Waals surface area contributed by atoms with Crippen molar-refractivity contribution in [1.29, 1.82) is 10.5 Å².